The first-order valence-electron chi connectivity index (χ1n) is 24.7. The summed E-state index contributed by atoms with van der Waals surface area (Å²) in [6, 6.07) is 0. The SMILES string of the molecule is CCCCCCC/C=C\C/C=C\CCCCCCCCCCCCOCC(COP(=O)(O)OCC[N+](C)(C)C)OC(=O)CCCCCCC/C=C\CCCCCCCC. The molecule has 0 heterocycles. The summed E-state index contributed by atoms with van der Waals surface area (Å²) in [6.45, 7) is 5.61. The number of carbonyl (C=O) groups is 1. The number of nitrogens with zero attached hydrogens (tertiary/aromatic N) is 1. The number of esters is 1. The van der Waals surface area contributed by atoms with Crippen LogP contribution in [0.5, 0.6) is 0 Å². The van der Waals surface area contributed by atoms with Crippen molar-refractivity contribution in [1.29, 1.82) is 0 Å². The van der Waals surface area contributed by atoms with Crippen LogP contribution in [0.25, 0.3) is 0 Å². The van der Waals surface area contributed by atoms with Crippen LogP contribution in [0, 0.1) is 0 Å². The molecule has 0 amide bonds. The number of rotatable bonds is 46. The molecular weight excluding hydrogens is 758 g/mol. The van der Waals surface area contributed by atoms with Crippen molar-refractivity contribution in [2.45, 2.75) is 225 Å². The Morgan fingerprint density at radius 1 is 0.525 bits per heavy atom. The summed E-state index contributed by atoms with van der Waals surface area (Å²) in [5.74, 6) is -0.322. The van der Waals surface area contributed by atoms with Gasteiger partial charge in [-0.2, -0.15) is 0 Å². The molecule has 0 fully saturated rings. The van der Waals surface area contributed by atoms with Crippen molar-refractivity contribution < 1.29 is 37.3 Å². The summed E-state index contributed by atoms with van der Waals surface area (Å²) in [5, 5.41) is 0. The summed E-state index contributed by atoms with van der Waals surface area (Å²) < 4.78 is 35.1. The maximum Gasteiger partial charge on any atom is 0.472 e. The summed E-state index contributed by atoms with van der Waals surface area (Å²) in [5.41, 5.74) is 0. The van der Waals surface area contributed by atoms with Gasteiger partial charge in [-0.15, -0.1) is 0 Å². The van der Waals surface area contributed by atoms with Gasteiger partial charge in [-0.25, -0.2) is 4.57 Å². The van der Waals surface area contributed by atoms with Crippen LogP contribution in [0.4, 0.5) is 0 Å². The molecule has 0 aromatic carbocycles. The minimum atomic E-state index is -4.28. The number of unbranched alkanes of at least 4 members (excludes halogenated alkanes) is 26. The van der Waals surface area contributed by atoms with E-state index in [0.717, 1.165) is 51.4 Å². The van der Waals surface area contributed by atoms with E-state index in [1.54, 1.807) is 0 Å². The van der Waals surface area contributed by atoms with Gasteiger partial charge in [0.2, 0.25) is 0 Å². The number of hydrogen-bond acceptors (Lipinski definition) is 6. The number of allylic oxidation sites excluding steroid dienone is 6. The van der Waals surface area contributed by atoms with Crippen LogP contribution >= 0.6 is 7.82 Å². The molecule has 2 unspecified atom stereocenters. The highest BCUT2D eigenvalue weighted by Gasteiger charge is 2.26. The van der Waals surface area contributed by atoms with Crippen LogP contribution in [0.3, 0.4) is 0 Å². The Kier molecular flexibility index (Phi) is 42.4. The van der Waals surface area contributed by atoms with E-state index in [4.69, 9.17) is 18.5 Å². The molecule has 348 valence electrons. The van der Waals surface area contributed by atoms with Crippen LogP contribution < -0.4 is 0 Å². The normalized spacial score (nSPS) is 13.9. The van der Waals surface area contributed by atoms with Crippen LogP contribution in [0.2, 0.25) is 0 Å². The second-order valence-corrected chi connectivity index (χ2v) is 19.3. The third-order valence-electron chi connectivity index (χ3n) is 10.7. The molecule has 0 saturated heterocycles. The second kappa shape index (κ2) is 43.4. The highest BCUT2D eigenvalue weighted by Crippen LogP contribution is 2.43. The lowest BCUT2D eigenvalue weighted by atomic mass is 10.1. The first-order valence-corrected chi connectivity index (χ1v) is 26.2. The number of phosphoric acid groups is 1. The van der Waals surface area contributed by atoms with E-state index in [-0.39, 0.29) is 25.8 Å². The molecule has 0 bridgehead atoms. The predicted molar refractivity (Wildman–Crippen MR) is 252 cm³/mol. The monoisotopic (exact) mass is 855 g/mol. The quantitative estimate of drug-likeness (QED) is 0.0214. The van der Waals surface area contributed by atoms with Gasteiger partial charge >= 0.3 is 13.8 Å². The largest absolute Gasteiger partial charge is 0.472 e. The average Bonchev–Trinajstić information content (AvgIpc) is 3.19. The molecule has 0 aliphatic heterocycles. The molecular formula is C50H97NO7P+. The Morgan fingerprint density at radius 2 is 0.932 bits per heavy atom. The van der Waals surface area contributed by atoms with E-state index in [2.05, 4.69) is 50.3 Å². The fourth-order valence-corrected chi connectivity index (χ4v) is 7.56. The molecule has 8 nitrogen and oxygen atoms in total. The van der Waals surface area contributed by atoms with E-state index in [9.17, 15) is 14.3 Å². The number of ether oxygens (including phenoxy) is 2. The molecule has 1 N–H and O–H groups in total. The zero-order chi connectivity index (χ0) is 43.4. The van der Waals surface area contributed by atoms with Gasteiger partial charge < -0.3 is 18.9 Å². The van der Waals surface area contributed by atoms with Crippen LogP contribution in [-0.4, -0.2) is 75.6 Å². The fourth-order valence-electron chi connectivity index (χ4n) is 6.81. The van der Waals surface area contributed by atoms with Crippen molar-refractivity contribution in [1.82, 2.24) is 0 Å². The highest BCUT2D eigenvalue weighted by molar-refractivity contribution is 7.47. The molecule has 0 saturated carbocycles. The Morgan fingerprint density at radius 3 is 1.39 bits per heavy atom. The molecule has 9 heteroatoms. The molecule has 0 rings (SSSR count). The molecule has 0 aliphatic rings. The lowest BCUT2D eigenvalue weighted by Crippen LogP contribution is -2.37. The van der Waals surface area contributed by atoms with Gasteiger partial charge in [0.15, 0.2) is 0 Å². The Bertz CT molecular complexity index is 1040. The lowest BCUT2D eigenvalue weighted by Gasteiger charge is -2.24. The van der Waals surface area contributed by atoms with Gasteiger partial charge in [-0.1, -0.05) is 179 Å². The van der Waals surface area contributed by atoms with Gasteiger partial charge in [-0.05, 0) is 70.6 Å². The third-order valence-corrected chi connectivity index (χ3v) is 11.7. The molecule has 0 aromatic heterocycles. The Labute approximate surface area is 365 Å². The first kappa shape index (κ1) is 57.7. The standard InChI is InChI=1S/C50H96NO7P/c1-6-8-10-12-14-16-18-20-22-23-24-25-26-27-28-30-32-34-36-38-40-42-45-55-47-49(48-57-59(53,54)56-46-44-51(3,4)5)58-50(52)43-41-39-37-35-33-31-29-21-19-17-15-13-11-9-7-2/h18,20-21,23-24,29,49H,6-17,19,22,25-28,30-48H2,1-5H3/p+1/b20-18-,24-23-,29-21-. The highest BCUT2D eigenvalue weighted by atomic mass is 31.2. The molecule has 59 heavy (non-hydrogen) atoms. The summed E-state index contributed by atoms with van der Waals surface area (Å²) in [4.78, 5) is 22.9. The molecule has 0 radical (unpaired) electrons. The minimum absolute atomic E-state index is 0.0867. The Balaban J connectivity index is 4.15. The molecule has 0 spiro atoms. The number of likely N-dealkylation sites (N-methyl/N-ethyl adjacent to an activating group) is 1. The third kappa shape index (κ3) is 47.6. The number of phosphoric ester groups is 1. The lowest BCUT2D eigenvalue weighted by molar-refractivity contribution is -0.870. The van der Waals surface area contributed by atoms with Crippen molar-refractivity contribution >= 4 is 13.8 Å². The predicted octanol–water partition coefficient (Wildman–Crippen LogP) is 14.9. The van der Waals surface area contributed by atoms with Gasteiger partial charge in [0.1, 0.15) is 19.3 Å². The topological polar surface area (TPSA) is 91.3 Å². The van der Waals surface area contributed by atoms with Crippen molar-refractivity contribution in [2.24, 2.45) is 0 Å². The number of hydrogen-bond donors (Lipinski definition) is 1. The zero-order valence-corrected chi connectivity index (χ0v) is 40.4. The smallest absolute Gasteiger partial charge is 0.457 e. The zero-order valence-electron chi connectivity index (χ0n) is 39.5. The summed E-state index contributed by atoms with van der Waals surface area (Å²) in [7, 11) is 1.66. The minimum Gasteiger partial charge on any atom is -0.457 e. The van der Waals surface area contributed by atoms with Gasteiger partial charge in [0.05, 0.1) is 34.4 Å². The van der Waals surface area contributed by atoms with Crippen LogP contribution in [-0.2, 0) is 27.9 Å². The van der Waals surface area contributed by atoms with Crippen molar-refractivity contribution in [2.75, 3.05) is 54.1 Å². The van der Waals surface area contributed by atoms with Gasteiger partial charge in [0.25, 0.3) is 0 Å². The van der Waals surface area contributed by atoms with Gasteiger partial charge in [-0.3, -0.25) is 13.8 Å². The van der Waals surface area contributed by atoms with E-state index in [1.807, 2.05) is 21.1 Å². The van der Waals surface area contributed by atoms with Crippen LogP contribution in [0.15, 0.2) is 36.5 Å². The van der Waals surface area contributed by atoms with Crippen molar-refractivity contribution in [3.05, 3.63) is 36.5 Å². The molecule has 2 atom stereocenters. The Hall–Kier alpha value is -1.28. The molecule has 0 aliphatic carbocycles. The van der Waals surface area contributed by atoms with E-state index in [1.165, 1.54) is 148 Å². The summed E-state index contributed by atoms with van der Waals surface area (Å²) in [6.07, 6.45) is 51.8. The van der Waals surface area contributed by atoms with E-state index < -0.39 is 13.9 Å². The number of carbonyl (C=O) groups excluding carboxylic acids is 1. The first-order chi connectivity index (χ1) is 28.6. The maximum atomic E-state index is 12.7. The van der Waals surface area contributed by atoms with E-state index in [0.29, 0.717) is 24.1 Å². The van der Waals surface area contributed by atoms with Crippen LogP contribution in [0.1, 0.15) is 219 Å². The fraction of sp³-hybridized carbons (Fsp3) is 0.860. The average molecular weight is 855 g/mol. The van der Waals surface area contributed by atoms with Crippen molar-refractivity contribution in [3.63, 3.8) is 0 Å². The second-order valence-electron chi connectivity index (χ2n) is 17.8. The maximum absolute atomic E-state index is 12.7. The summed E-state index contributed by atoms with van der Waals surface area (Å²) >= 11 is 0. The molecule has 0 aromatic rings. The van der Waals surface area contributed by atoms with E-state index >= 15 is 0 Å². The number of quaternary nitrogens is 1. The van der Waals surface area contributed by atoms with Crippen molar-refractivity contribution in [3.8, 4) is 0 Å². The van der Waals surface area contributed by atoms with Gasteiger partial charge in [0, 0.05) is 13.0 Å².